The summed E-state index contributed by atoms with van der Waals surface area (Å²) in [5.74, 6) is 0.0537. The van der Waals surface area contributed by atoms with Gasteiger partial charge in [-0.25, -0.2) is 12.8 Å². The zero-order chi connectivity index (χ0) is 24.3. The summed E-state index contributed by atoms with van der Waals surface area (Å²) < 4.78 is 41.1. The van der Waals surface area contributed by atoms with E-state index in [0.717, 1.165) is 28.2 Å². The summed E-state index contributed by atoms with van der Waals surface area (Å²) in [4.78, 5) is 14.7. The fourth-order valence-corrected chi connectivity index (χ4v) is 5.49. The van der Waals surface area contributed by atoms with E-state index in [9.17, 15) is 17.6 Å². The summed E-state index contributed by atoms with van der Waals surface area (Å²) in [5.41, 5.74) is 2.40. The molecule has 2 aromatic carbocycles. The Morgan fingerprint density at radius 1 is 1.21 bits per heavy atom. The van der Waals surface area contributed by atoms with Gasteiger partial charge in [-0.1, -0.05) is 36.0 Å². The lowest BCUT2D eigenvalue weighted by atomic mass is 10.2. The van der Waals surface area contributed by atoms with Crippen LogP contribution in [-0.4, -0.2) is 47.6 Å². The highest BCUT2D eigenvalue weighted by Crippen LogP contribution is 2.29. The van der Waals surface area contributed by atoms with Crippen molar-refractivity contribution in [2.75, 3.05) is 27.8 Å². The fourth-order valence-electron chi connectivity index (χ4n) is 3.79. The van der Waals surface area contributed by atoms with E-state index in [4.69, 9.17) is 0 Å². The van der Waals surface area contributed by atoms with Crippen LogP contribution in [0, 0.1) is 5.82 Å². The summed E-state index contributed by atoms with van der Waals surface area (Å²) in [6, 6.07) is 13.0. The van der Waals surface area contributed by atoms with Crippen molar-refractivity contribution < 1.29 is 17.6 Å². The molecule has 4 rings (SSSR count). The van der Waals surface area contributed by atoms with Gasteiger partial charge in [-0.3, -0.25) is 9.10 Å². The number of amides is 1. The Morgan fingerprint density at radius 3 is 2.65 bits per heavy atom. The van der Waals surface area contributed by atoms with E-state index in [2.05, 4.69) is 16.8 Å². The second kappa shape index (κ2) is 9.98. The standard InChI is InChI=1S/C23H24FN5O3S2/c1-3-13-28-21(15-29(34(2,31)32)19-10-8-18(24)9-11-19)25-26-23(28)33-16-22(30)27-14-12-17-6-4-5-7-20(17)27/h3-11H,1,12-16H2,2H3. The number of halogens is 1. The molecule has 0 aliphatic carbocycles. The van der Waals surface area contributed by atoms with Gasteiger partial charge >= 0.3 is 0 Å². The highest BCUT2D eigenvalue weighted by atomic mass is 32.2. The number of nitrogens with zero attached hydrogens (tertiary/aromatic N) is 5. The van der Waals surface area contributed by atoms with Crippen LogP contribution in [0.5, 0.6) is 0 Å². The Labute approximate surface area is 202 Å². The minimum atomic E-state index is -3.68. The number of anilines is 2. The molecule has 0 saturated heterocycles. The summed E-state index contributed by atoms with van der Waals surface area (Å²) >= 11 is 1.24. The number of para-hydroxylation sites is 1. The molecule has 0 unspecified atom stereocenters. The zero-order valence-corrected chi connectivity index (χ0v) is 20.2. The number of carbonyl (C=O) groups excluding carboxylic acids is 1. The molecule has 3 aromatic rings. The molecule has 0 N–H and O–H groups in total. The molecule has 0 bridgehead atoms. The maximum atomic E-state index is 13.3. The van der Waals surface area contributed by atoms with Gasteiger partial charge in [0.15, 0.2) is 11.0 Å². The number of hydrogen-bond acceptors (Lipinski definition) is 6. The lowest BCUT2D eigenvalue weighted by Crippen LogP contribution is -2.31. The van der Waals surface area contributed by atoms with Crippen LogP contribution >= 0.6 is 11.8 Å². The van der Waals surface area contributed by atoms with Crippen molar-refractivity contribution in [3.8, 4) is 0 Å². The summed E-state index contributed by atoms with van der Waals surface area (Å²) in [7, 11) is -3.68. The molecule has 11 heteroatoms. The number of thioether (sulfide) groups is 1. The van der Waals surface area contributed by atoms with Crippen LogP contribution in [0.15, 0.2) is 66.3 Å². The van der Waals surface area contributed by atoms with Crippen molar-refractivity contribution in [3.63, 3.8) is 0 Å². The van der Waals surface area contributed by atoms with Gasteiger partial charge < -0.3 is 9.47 Å². The largest absolute Gasteiger partial charge is 0.311 e. The fraction of sp³-hybridized carbons (Fsp3) is 0.261. The number of hydrogen-bond donors (Lipinski definition) is 0. The molecule has 8 nitrogen and oxygen atoms in total. The second-order valence-corrected chi connectivity index (χ2v) is 10.6. The van der Waals surface area contributed by atoms with E-state index in [1.165, 1.54) is 36.0 Å². The maximum absolute atomic E-state index is 13.3. The first kappa shape index (κ1) is 24.0. The first-order chi connectivity index (χ1) is 16.3. The van der Waals surface area contributed by atoms with Crippen LogP contribution in [0.25, 0.3) is 0 Å². The van der Waals surface area contributed by atoms with Crippen molar-refractivity contribution in [1.29, 1.82) is 0 Å². The predicted octanol–water partition coefficient (Wildman–Crippen LogP) is 3.25. The number of rotatable bonds is 9. The summed E-state index contributed by atoms with van der Waals surface area (Å²) in [6.45, 7) is 4.65. The molecule has 178 valence electrons. The minimum absolute atomic E-state index is 0.0336. The van der Waals surface area contributed by atoms with Crippen LogP contribution in [-0.2, 0) is 34.3 Å². The van der Waals surface area contributed by atoms with Crippen LogP contribution in [0.4, 0.5) is 15.8 Å². The van der Waals surface area contributed by atoms with Crippen LogP contribution in [0.3, 0.4) is 0 Å². The van der Waals surface area contributed by atoms with Crippen LogP contribution in [0.1, 0.15) is 11.4 Å². The van der Waals surface area contributed by atoms with E-state index in [-0.39, 0.29) is 18.2 Å². The third kappa shape index (κ3) is 5.15. The Kier molecular flexibility index (Phi) is 7.03. The molecule has 0 fully saturated rings. The van der Waals surface area contributed by atoms with E-state index in [1.54, 1.807) is 15.5 Å². The number of benzene rings is 2. The Hall–Kier alpha value is -3.18. The van der Waals surface area contributed by atoms with Gasteiger partial charge in [0, 0.05) is 18.8 Å². The average Bonchev–Trinajstić information content (AvgIpc) is 3.40. The highest BCUT2D eigenvalue weighted by Gasteiger charge is 2.26. The normalized spacial score (nSPS) is 13.1. The number of fused-ring (bicyclic) bond motifs is 1. The number of aromatic nitrogens is 3. The topological polar surface area (TPSA) is 88.4 Å². The molecule has 2 heterocycles. The highest BCUT2D eigenvalue weighted by molar-refractivity contribution is 7.99. The van der Waals surface area contributed by atoms with Gasteiger partial charge in [0.2, 0.25) is 15.9 Å². The van der Waals surface area contributed by atoms with Crippen molar-refractivity contribution in [1.82, 2.24) is 14.8 Å². The molecule has 0 radical (unpaired) electrons. The van der Waals surface area contributed by atoms with E-state index >= 15 is 0 Å². The van der Waals surface area contributed by atoms with Crippen LogP contribution in [0.2, 0.25) is 0 Å². The maximum Gasteiger partial charge on any atom is 0.237 e. The molecule has 1 aliphatic rings. The molecular weight excluding hydrogens is 477 g/mol. The number of carbonyl (C=O) groups is 1. The molecule has 0 atom stereocenters. The summed E-state index contributed by atoms with van der Waals surface area (Å²) in [6.07, 6.45) is 3.55. The third-order valence-electron chi connectivity index (χ3n) is 5.42. The Bertz CT molecular complexity index is 1310. The van der Waals surface area contributed by atoms with Gasteiger partial charge in [-0.05, 0) is 42.3 Å². The van der Waals surface area contributed by atoms with Gasteiger partial charge in [-0.15, -0.1) is 16.8 Å². The van der Waals surface area contributed by atoms with Gasteiger partial charge in [-0.2, -0.15) is 0 Å². The van der Waals surface area contributed by atoms with Gasteiger partial charge in [0.25, 0.3) is 0 Å². The lowest BCUT2D eigenvalue weighted by molar-refractivity contribution is -0.116. The smallest absolute Gasteiger partial charge is 0.237 e. The quantitative estimate of drug-likeness (QED) is 0.330. The molecule has 0 saturated carbocycles. The molecular formula is C23H24FN5O3S2. The van der Waals surface area contributed by atoms with Crippen LogP contribution < -0.4 is 9.21 Å². The lowest BCUT2D eigenvalue weighted by Gasteiger charge is -2.22. The second-order valence-electron chi connectivity index (χ2n) is 7.76. The minimum Gasteiger partial charge on any atom is -0.311 e. The first-order valence-electron chi connectivity index (χ1n) is 10.5. The Balaban J connectivity index is 1.53. The zero-order valence-electron chi connectivity index (χ0n) is 18.6. The predicted molar refractivity (Wildman–Crippen MR) is 131 cm³/mol. The van der Waals surface area contributed by atoms with E-state index in [1.807, 2.05) is 24.3 Å². The van der Waals surface area contributed by atoms with E-state index < -0.39 is 15.8 Å². The Morgan fingerprint density at radius 2 is 1.94 bits per heavy atom. The van der Waals surface area contributed by atoms with Crippen molar-refractivity contribution >= 4 is 39.1 Å². The first-order valence-corrected chi connectivity index (χ1v) is 13.4. The molecule has 0 spiro atoms. The molecule has 1 aliphatic heterocycles. The monoisotopic (exact) mass is 501 g/mol. The van der Waals surface area contributed by atoms with Crippen molar-refractivity contribution in [3.05, 3.63) is 78.4 Å². The van der Waals surface area contributed by atoms with Crippen molar-refractivity contribution in [2.45, 2.75) is 24.7 Å². The van der Waals surface area contributed by atoms with Crippen molar-refractivity contribution in [2.24, 2.45) is 0 Å². The average molecular weight is 502 g/mol. The number of allylic oxidation sites excluding steroid dienone is 1. The van der Waals surface area contributed by atoms with E-state index in [0.29, 0.717) is 29.8 Å². The molecule has 34 heavy (non-hydrogen) atoms. The van der Waals surface area contributed by atoms with Gasteiger partial charge in [0.05, 0.1) is 24.2 Å². The molecule has 1 amide bonds. The number of sulfonamides is 1. The summed E-state index contributed by atoms with van der Waals surface area (Å²) in [5, 5.41) is 8.87. The molecule has 1 aromatic heterocycles. The SMILES string of the molecule is C=CCn1c(CN(c2ccc(F)cc2)S(C)(=O)=O)nnc1SCC(=O)N1CCc2ccccc21. The third-order valence-corrected chi connectivity index (χ3v) is 7.51. The van der Waals surface area contributed by atoms with Gasteiger partial charge in [0.1, 0.15) is 5.82 Å².